The molecule has 0 aliphatic heterocycles. The molecule has 2 N–H and O–H groups in total. The maximum Gasteiger partial charge on any atom is 0.306 e. The summed E-state index contributed by atoms with van der Waals surface area (Å²) in [5.41, 5.74) is 4.52. The molecule has 124 valence electrons. The Morgan fingerprint density at radius 1 is 1.22 bits per heavy atom. The third kappa shape index (κ3) is 4.10. The molecule has 2 amide bonds. The van der Waals surface area contributed by atoms with E-state index in [0.29, 0.717) is 23.1 Å². The summed E-state index contributed by atoms with van der Waals surface area (Å²) in [6, 6.07) is 3.40. The predicted octanol–water partition coefficient (Wildman–Crippen LogP) is 1.88. The smallest absolute Gasteiger partial charge is 0.306 e. The lowest BCUT2D eigenvalue weighted by atomic mass is 9.86. The van der Waals surface area contributed by atoms with Gasteiger partial charge in [-0.25, -0.2) is 0 Å². The van der Waals surface area contributed by atoms with E-state index in [2.05, 4.69) is 10.9 Å². The highest BCUT2D eigenvalue weighted by molar-refractivity contribution is 7.12. The van der Waals surface area contributed by atoms with Gasteiger partial charge in [-0.2, -0.15) is 0 Å². The predicted molar refractivity (Wildman–Crippen MR) is 84.4 cm³/mol. The summed E-state index contributed by atoms with van der Waals surface area (Å²) in [5.74, 6) is 0.600. The number of thiophene rings is 1. The van der Waals surface area contributed by atoms with Crippen molar-refractivity contribution in [2.75, 3.05) is 6.61 Å². The second kappa shape index (κ2) is 7.12. The van der Waals surface area contributed by atoms with Crippen molar-refractivity contribution >= 4 is 29.1 Å². The van der Waals surface area contributed by atoms with Gasteiger partial charge in [-0.3, -0.25) is 25.2 Å². The van der Waals surface area contributed by atoms with E-state index in [1.54, 1.807) is 17.5 Å². The van der Waals surface area contributed by atoms with Crippen LogP contribution in [0.3, 0.4) is 0 Å². The Kier molecular flexibility index (Phi) is 4.95. The van der Waals surface area contributed by atoms with Crippen LogP contribution in [0.5, 0.6) is 0 Å². The summed E-state index contributed by atoms with van der Waals surface area (Å²) in [5, 5.41) is 1.77. The van der Waals surface area contributed by atoms with Crippen LogP contribution in [0.25, 0.3) is 0 Å². The van der Waals surface area contributed by atoms with E-state index >= 15 is 0 Å². The first-order valence-corrected chi connectivity index (χ1v) is 8.78. The van der Waals surface area contributed by atoms with Gasteiger partial charge < -0.3 is 4.74 Å². The molecule has 2 bridgehead atoms. The van der Waals surface area contributed by atoms with Crippen molar-refractivity contribution in [1.82, 2.24) is 10.9 Å². The maximum atomic E-state index is 11.8. The molecular weight excluding hydrogens is 316 g/mol. The average Bonchev–Trinajstić information content (AvgIpc) is 3.27. The van der Waals surface area contributed by atoms with Crippen LogP contribution in [0.15, 0.2) is 17.5 Å². The average molecular weight is 336 g/mol. The zero-order valence-corrected chi connectivity index (χ0v) is 13.6. The van der Waals surface area contributed by atoms with Gasteiger partial charge in [0.05, 0.1) is 4.88 Å². The number of ether oxygens (including phenoxy) is 1. The van der Waals surface area contributed by atoms with Gasteiger partial charge in [0.25, 0.3) is 11.8 Å². The van der Waals surface area contributed by atoms with E-state index in [9.17, 15) is 14.4 Å². The first-order valence-electron chi connectivity index (χ1n) is 7.90. The fraction of sp³-hybridized carbons (Fsp3) is 0.562. The van der Waals surface area contributed by atoms with Crippen LogP contribution >= 0.6 is 11.3 Å². The van der Waals surface area contributed by atoms with Crippen LogP contribution in [-0.2, 0) is 14.3 Å². The zero-order chi connectivity index (χ0) is 16.2. The molecular formula is C16H20N2O4S. The first-order chi connectivity index (χ1) is 11.1. The van der Waals surface area contributed by atoms with Crippen LogP contribution in [0.1, 0.15) is 41.8 Å². The number of carbonyl (C=O) groups is 3. The number of fused-ring (bicyclic) bond motifs is 2. The molecule has 3 atom stereocenters. The zero-order valence-electron chi connectivity index (χ0n) is 12.7. The summed E-state index contributed by atoms with van der Waals surface area (Å²) in [6.45, 7) is -0.371. The summed E-state index contributed by atoms with van der Waals surface area (Å²) in [7, 11) is 0. The van der Waals surface area contributed by atoms with Crippen LogP contribution < -0.4 is 10.9 Å². The maximum absolute atomic E-state index is 11.8. The van der Waals surface area contributed by atoms with Crippen LogP contribution in [0, 0.1) is 17.8 Å². The summed E-state index contributed by atoms with van der Waals surface area (Å²) < 4.78 is 5.00. The number of esters is 1. The van der Waals surface area contributed by atoms with Crippen LogP contribution in [-0.4, -0.2) is 24.4 Å². The Labute approximate surface area is 138 Å². The molecule has 0 unspecified atom stereocenters. The lowest BCUT2D eigenvalue weighted by molar-refractivity contribution is -0.150. The first kappa shape index (κ1) is 16.0. The fourth-order valence-electron chi connectivity index (χ4n) is 3.68. The van der Waals surface area contributed by atoms with E-state index in [0.717, 1.165) is 12.3 Å². The molecule has 2 saturated carbocycles. The van der Waals surface area contributed by atoms with Crippen molar-refractivity contribution in [2.45, 2.75) is 32.1 Å². The molecule has 2 aliphatic rings. The Bertz CT molecular complexity index is 587. The molecule has 3 rings (SSSR count). The third-order valence-electron chi connectivity index (χ3n) is 4.74. The minimum absolute atomic E-state index is 0.331. The highest BCUT2D eigenvalue weighted by Gasteiger charge is 2.40. The third-order valence-corrected chi connectivity index (χ3v) is 5.61. The van der Waals surface area contributed by atoms with Crippen molar-refractivity contribution < 1.29 is 19.1 Å². The fourth-order valence-corrected chi connectivity index (χ4v) is 4.30. The van der Waals surface area contributed by atoms with Crippen molar-refractivity contribution in [3.63, 3.8) is 0 Å². The molecule has 23 heavy (non-hydrogen) atoms. The van der Waals surface area contributed by atoms with Crippen molar-refractivity contribution in [2.24, 2.45) is 17.8 Å². The van der Waals surface area contributed by atoms with Gasteiger partial charge in [0.15, 0.2) is 6.61 Å². The molecule has 1 heterocycles. The van der Waals surface area contributed by atoms with Crippen LogP contribution in [0.2, 0.25) is 0 Å². The normalized spacial score (nSPS) is 25.1. The number of carbonyl (C=O) groups excluding carboxylic acids is 3. The summed E-state index contributed by atoms with van der Waals surface area (Å²) in [6.07, 6.45) is 5.27. The molecule has 1 aromatic rings. The van der Waals surface area contributed by atoms with E-state index in [-0.39, 0.29) is 18.5 Å². The monoisotopic (exact) mass is 336 g/mol. The molecule has 0 aromatic carbocycles. The van der Waals surface area contributed by atoms with Gasteiger partial charge in [0, 0.05) is 6.42 Å². The molecule has 6 nitrogen and oxygen atoms in total. The van der Waals surface area contributed by atoms with Crippen molar-refractivity contribution in [3.05, 3.63) is 22.4 Å². The topological polar surface area (TPSA) is 84.5 Å². The standard InChI is InChI=1S/C16H20N2O4S/c19-14(17-18-16(21)13-2-1-5-23-13)9-22-15(20)8-12-7-10-3-4-11(12)6-10/h1-2,5,10-12H,3-4,6-9H2,(H,17,19)(H,18,21)/t10-,11-,12-/m1/s1. The van der Waals surface area contributed by atoms with Crippen LogP contribution in [0.4, 0.5) is 0 Å². The number of amides is 2. The lowest BCUT2D eigenvalue weighted by Crippen LogP contribution is -2.43. The van der Waals surface area contributed by atoms with E-state index in [4.69, 9.17) is 4.74 Å². The van der Waals surface area contributed by atoms with E-state index in [1.807, 2.05) is 0 Å². The molecule has 0 radical (unpaired) electrons. The summed E-state index contributed by atoms with van der Waals surface area (Å²) in [4.78, 5) is 35.5. The van der Waals surface area contributed by atoms with Gasteiger partial charge in [-0.1, -0.05) is 12.5 Å². The number of hydrogen-bond acceptors (Lipinski definition) is 5. The minimum atomic E-state index is -0.545. The Morgan fingerprint density at radius 3 is 2.74 bits per heavy atom. The molecule has 0 saturated heterocycles. The molecule has 2 aliphatic carbocycles. The van der Waals surface area contributed by atoms with Crippen molar-refractivity contribution in [1.29, 1.82) is 0 Å². The highest BCUT2D eigenvalue weighted by Crippen LogP contribution is 2.49. The van der Waals surface area contributed by atoms with Gasteiger partial charge in [-0.05, 0) is 48.5 Å². The number of rotatable bonds is 5. The van der Waals surface area contributed by atoms with Gasteiger partial charge in [-0.15, -0.1) is 11.3 Å². The Hall–Kier alpha value is -1.89. The molecule has 7 heteroatoms. The van der Waals surface area contributed by atoms with E-state index in [1.165, 1.54) is 30.6 Å². The molecule has 0 spiro atoms. The minimum Gasteiger partial charge on any atom is -0.455 e. The number of hydrogen-bond donors (Lipinski definition) is 2. The SMILES string of the molecule is O=C(COC(=O)C[C@H]1C[C@@H]2CC[C@@H]1C2)NNC(=O)c1cccs1. The molecule has 1 aromatic heterocycles. The highest BCUT2D eigenvalue weighted by atomic mass is 32.1. The van der Waals surface area contributed by atoms with Gasteiger partial charge in [0.1, 0.15) is 0 Å². The van der Waals surface area contributed by atoms with Gasteiger partial charge >= 0.3 is 5.97 Å². The molecule has 2 fully saturated rings. The summed E-state index contributed by atoms with van der Waals surface area (Å²) >= 11 is 1.28. The second-order valence-electron chi connectivity index (χ2n) is 6.28. The number of nitrogens with one attached hydrogen (secondary N) is 2. The second-order valence-corrected chi connectivity index (χ2v) is 7.23. The van der Waals surface area contributed by atoms with Gasteiger partial charge in [0.2, 0.25) is 0 Å². The van der Waals surface area contributed by atoms with E-state index < -0.39 is 5.91 Å². The lowest BCUT2D eigenvalue weighted by Gasteiger charge is -2.20. The van der Waals surface area contributed by atoms with Crippen molar-refractivity contribution in [3.8, 4) is 0 Å². The Balaban J connectivity index is 1.32. The number of hydrazine groups is 1. The quantitative estimate of drug-likeness (QED) is 0.635. The Morgan fingerprint density at radius 2 is 2.09 bits per heavy atom. The largest absolute Gasteiger partial charge is 0.455 e.